The largest absolute Gasteiger partial charge is 0.388 e. The van der Waals surface area contributed by atoms with Crippen molar-refractivity contribution in [1.82, 2.24) is 15.3 Å². The molecule has 190 valence electrons. The van der Waals surface area contributed by atoms with E-state index in [2.05, 4.69) is 37.4 Å². The Morgan fingerprint density at radius 3 is 2.33 bits per heavy atom. The van der Waals surface area contributed by atoms with Gasteiger partial charge in [-0.1, -0.05) is 30.3 Å². The number of benzene rings is 2. The van der Waals surface area contributed by atoms with Crippen LogP contribution in [-0.2, 0) is 16.1 Å². The predicted octanol–water partition coefficient (Wildman–Crippen LogP) is 3.85. The monoisotopic (exact) mass is 490 g/mol. The SMILES string of the molecule is CNC(=O)c1ccc(Nc2ncc3c(n2)N(Cc2ccccc2)CC(C)(C)C(=O)N3C)cc1.COC. The Morgan fingerprint density at radius 2 is 1.72 bits per heavy atom. The molecule has 1 aromatic heterocycles. The van der Waals surface area contributed by atoms with Gasteiger partial charge in [-0.25, -0.2) is 4.98 Å². The lowest BCUT2D eigenvalue weighted by molar-refractivity contribution is -0.125. The molecule has 2 N–H and O–H groups in total. The van der Waals surface area contributed by atoms with E-state index in [1.807, 2.05) is 32.0 Å². The summed E-state index contributed by atoms with van der Waals surface area (Å²) in [4.78, 5) is 37.9. The Bertz CT molecular complexity index is 1180. The minimum absolute atomic E-state index is 0.0217. The number of hydrogen-bond acceptors (Lipinski definition) is 7. The normalized spacial score (nSPS) is 14.2. The fourth-order valence-electron chi connectivity index (χ4n) is 3.99. The summed E-state index contributed by atoms with van der Waals surface area (Å²) in [6.45, 7) is 5.05. The minimum atomic E-state index is -0.590. The van der Waals surface area contributed by atoms with Gasteiger partial charge in [0.2, 0.25) is 11.9 Å². The first kappa shape index (κ1) is 26.6. The summed E-state index contributed by atoms with van der Waals surface area (Å²) < 4.78 is 4.25. The van der Waals surface area contributed by atoms with E-state index in [0.717, 1.165) is 11.3 Å². The summed E-state index contributed by atoms with van der Waals surface area (Å²) >= 11 is 0. The van der Waals surface area contributed by atoms with Crippen LogP contribution in [0.2, 0.25) is 0 Å². The highest BCUT2D eigenvalue weighted by Crippen LogP contribution is 2.37. The second-order valence-corrected chi connectivity index (χ2v) is 9.18. The molecule has 0 fully saturated rings. The smallest absolute Gasteiger partial charge is 0.251 e. The lowest BCUT2D eigenvalue weighted by Crippen LogP contribution is -2.42. The first-order valence-corrected chi connectivity index (χ1v) is 11.6. The molecule has 36 heavy (non-hydrogen) atoms. The summed E-state index contributed by atoms with van der Waals surface area (Å²) in [6, 6.07) is 17.2. The summed E-state index contributed by atoms with van der Waals surface area (Å²) in [7, 11) is 6.62. The van der Waals surface area contributed by atoms with Gasteiger partial charge in [0.25, 0.3) is 5.91 Å². The lowest BCUT2D eigenvalue weighted by Gasteiger charge is -2.29. The molecule has 3 aromatic rings. The van der Waals surface area contributed by atoms with Crippen LogP contribution in [-0.4, -0.2) is 56.6 Å². The van der Waals surface area contributed by atoms with Crippen molar-refractivity contribution in [3.8, 4) is 0 Å². The van der Waals surface area contributed by atoms with Gasteiger partial charge in [-0.2, -0.15) is 4.98 Å². The van der Waals surface area contributed by atoms with Crippen molar-refractivity contribution in [3.05, 3.63) is 71.9 Å². The molecule has 2 aromatic carbocycles. The number of hydrogen-bond donors (Lipinski definition) is 2. The number of nitrogens with zero attached hydrogens (tertiary/aromatic N) is 4. The molecule has 0 saturated heterocycles. The Labute approximate surface area is 212 Å². The van der Waals surface area contributed by atoms with Crippen molar-refractivity contribution in [3.63, 3.8) is 0 Å². The molecule has 9 heteroatoms. The number of aromatic nitrogens is 2. The second kappa shape index (κ2) is 11.6. The van der Waals surface area contributed by atoms with Crippen molar-refractivity contribution in [2.24, 2.45) is 5.41 Å². The van der Waals surface area contributed by atoms with E-state index >= 15 is 0 Å². The van der Waals surface area contributed by atoms with E-state index in [9.17, 15) is 9.59 Å². The van der Waals surface area contributed by atoms with E-state index in [1.54, 1.807) is 63.7 Å². The Kier molecular flexibility index (Phi) is 8.60. The Balaban J connectivity index is 0.00000115. The molecule has 0 aliphatic carbocycles. The van der Waals surface area contributed by atoms with Gasteiger partial charge >= 0.3 is 0 Å². The number of carbonyl (C=O) groups excluding carboxylic acids is 2. The summed E-state index contributed by atoms with van der Waals surface area (Å²) in [5.41, 5.74) is 2.54. The van der Waals surface area contributed by atoms with Gasteiger partial charge in [0, 0.05) is 52.7 Å². The van der Waals surface area contributed by atoms with Gasteiger partial charge in [-0.15, -0.1) is 0 Å². The van der Waals surface area contributed by atoms with Gasteiger partial charge in [0.15, 0.2) is 5.82 Å². The second-order valence-electron chi connectivity index (χ2n) is 9.18. The number of nitrogens with one attached hydrogen (secondary N) is 2. The molecule has 9 nitrogen and oxygen atoms in total. The van der Waals surface area contributed by atoms with Crippen LogP contribution in [0.3, 0.4) is 0 Å². The number of anilines is 4. The third-order valence-electron chi connectivity index (χ3n) is 5.73. The van der Waals surface area contributed by atoms with Crippen LogP contribution in [0.4, 0.5) is 23.1 Å². The summed E-state index contributed by atoms with van der Waals surface area (Å²) in [5.74, 6) is 0.989. The zero-order chi connectivity index (χ0) is 26.3. The third kappa shape index (κ3) is 6.17. The molecular formula is C27H34N6O3. The van der Waals surface area contributed by atoms with Crippen molar-refractivity contribution in [1.29, 1.82) is 0 Å². The van der Waals surface area contributed by atoms with E-state index in [4.69, 9.17) is 4.98 Å². The third-order valence-corrected chi connectivity index (χ3v) is 5.73. The van der Waals surface area contributed by atoms with Crippen molar-refractivity contribution in [2.45, 2.75) is 20.4 Å². The van der Waals surface area contributed by atoms with Crippen LogP contribution < -0.4 is 20.4 Å². The van der Waals surface area contributed by atoms with Crippen molar-refractivity contribution in [2.75, 3.05) is 50.0 Å². The number of fused-ring (bicyclic) bond motifs is 1. The molecule has 2 amide bonds. The maximum atomic E-state index is 13.1. The highest BCUT2D eigenvalue weighted by Gasteiger charge is 2.39. The quantitative estimate of drug-likeness (QED) is 0.560. The van der Waals surface area contributed by atoms with E-state index in [1.165, 1.54) is 0 Å². The average Bonchev–Trinajstić information content (AvgIpc) is 2.94. The first-order valence-electron chi connectivity index (χ1n) is 11.6. The van der Waals surface area contributed by atoms with E-state index in [0.29, 0.717) is 36.1 Å². The molecule has 0 spiro atoms. The number of rotatable bonds is 5. The molecule has 0 bridgehead atoms. The molecule has 0 atom stereocenters. The molecular weight excluding hydrogens is 456 g/mol. The van der Waals surface area contributed by atoms with E-state index < -0.39 is 5.41 Å². The summed E-state index contributed by atoms with van der Waals surface area (Å²) in [5, 5.41) is 5.81. The fourth-order valence-corrected chi connectivity index (χ4v) is 3.99. The predicted molar refractivity (Wildman–Crippen MR) is 143 cm³/mol. The highest BCUT2D eigenvalue weighted by molar-refractivity contribution is 6.00. The minimum Gasteiger partial charge on any atom is -0.388 e. The fraction of sp³-hybridized carbons (Fsp3) is 0.333. The van der Waals surface area contributed by atoms with Gasteiger partial charge in [0.05, 0.1) is 11.6 Å². The van der Waals surface area contributed by atoms with Gasteiger partial charge in [-0.05, 0) is 43.7 Å². The van der Waals surface area contributed by atoms with Crippen LogP contribution in [0, 0.1) is 5.41 Å². The standard InChI is InChI=1S/C25H28N6O2.C2H6O/c1-25(2)16-31(15-17-8-6-5-7-9-17)21-20(30(4)23(25)33)14-27-24(29-21)28-19-12-10-18(11-13-19)22(32)26-3;1-3-2/h5-14H,15-16H2,1-4H3,(H,26,32)(H,27,28,29);1-2H3. The number of carbonyl (C=O) groups is 2. The van der Waals surface area contributed by atoms with Crippen LogP contribution in [0.1, 0.15) is 29.8 Å². The molecule has 1 aliphatic heterocycles. The zero-order valence-corrected chi connectivity index (χ0v) is 21.7. The van der Waals surface area contributed by atoms with Gasteiger partial charge in [0.1, 0.15) is 5.69 Å². The van der Waals surface area contributed by atoms with E-state index in [-0.39, 0.29) is 11.8 Å². The number of amides is 2. The Morgan fingerprint density at radius 1 is 1.08 bits per heavy atom. The first-order chi connectivity index (χ1) is 17.2. The van der Waals surface area contributed by atoms with Crippen LogP contribution >= 0.6 is 0 Å². The summed E-state index contributed by atoms with van der Waals surface area (Å²) in [6.07, 6.45) is 1.68. The molecule has 4 rings (SSSR count). The van der Waals surface area contributed by atoms with Crippen molar-refractivity contribution < 1.29 is 14.3 Å². The van der Waals surface area contributed by atoms with Gasteiger partial charge in [-0.3, -0.25) is 9.59 Å². The van der Waals surface area contributed by atoms with Crippen LogP contribution in [0.5, 0.6) is 0 Å². The molecule has 0 radical (unpaired) electrons. The Hall–Kier alpha value is -3.98. The highest BCUT2D eigenvalue weighted by atomic mass is 16.4. The molecule has 0 saturated carbocycles. The van der Waals surface area contributed by atoms with Crippen molar-refractivity contribution >= 4 is 35.0 Å². The van der Waals surface area contributed by atoms with Gasteiger partial charge < -0.3 is 25.2 Å². The van der Waals surface area contributed by atoms with Crippen LogP contribution in [0.15, 0.2) is 60.8 Å². The maximum absolute atomic E-state index is 13.1. The average molecular weight is 491 g/mol. The molecule has 0 unspecified atom stereocenters. The maximum Gasteiger partial charge on any atom is 0.251 e. The zero-order valence-electron chi connectivity index (χ0n) is 21.7. The van der Waals surface area contributed by atoms with Crippen LogP contribution in [0.25, 0.3) is 0 Å². The molecule has 2 heterocycles. The lowest BCUT2D eigenvalue weighted by atomic mass is 9.91. The number of methoxy groups -OCH3 is 1. The number of ether oxygens (including phenoxy) is 1. The molecule has 1 aliphatic rings. The topological polar surface area (TPSA) is 99.7 Å².